The summed E-state index contributed by atoms with van der Waals surface area (Å²) in [5.41, 5.74) is 0.343. The summed E-state index contributed by atoms with van der Waals surface area (Å²) in [6, 6.07) is 17.6. The van der Waals surface area contributed by atoms with Gasteiger partial charge >= 0.3 is 23.9 Å². The van der Waals surface area contributed by atoms with E-state index in [9.17, 15) is 24.4 Å². The number of benzene rings is 3. The van der Waals surface area contributed by atoms with Crippen LogP contribution in [-0.4, -0.2) is 43.7 Å². The molecule has 3 aromatic carbocycles. The van der Waals surface area contributed by atoms with E-state index in [1.165, 1.54) is 12.1 Å². The zero-order chi connectivity index (χ0) is 37.3. The second-order valence-electron chi connectivity index (χ2n) is 10.5. The highest BCUT2D eigenvalue weighted by Crippen LogP contribution is 2.59. The summed E-state index contributed by atoms with van der Waals surface area (Å²) in [6.45, 7) is 15.1. The fraction of sp³-hybridized carbons (Fsp3) is 0.211. The van der Waals surface area contributed by atoms with Crippen molar-refractivity contribution in [3.8, 4) is 29.1 Å². The van der Waals surface area contributed by atoms with Crippen LogP contribution in [0.5, 0.6) is 23.0 Å². The zero-order valence-corrected chi connectivity index (χ0v) is 29.4. The first-order valence-electron chi connectivity index (χ1n) is 15.8. The smallest absolute Gasteiger partial charge is 0.343 e. The van der Waals surface area contributed by atoms with Gasteiger partial charge in [0.05, 0.1) is 63.9 Å². The van der Waals surface area contributed by atoms with E-state index >= 15 is 0 Å². The number of hydrogen-bond acceptors (Lipinski definition) is 13. The number of carbonyl (C=O) groups excluding carboxylic acids is 4. The lowest BCUT2D eigenvalue weighted by Crippen LogP contribution is -2.11. The molecule has 0 amide bonds. The topological polar surface area (TPSA) is 152 Å². The van der Waals surface area contributed by atoms with Crippen LogP contribution in [-0.2, 0) is 19.1 Å². The van der Waals surface area contributed by atoms with Gasteiger partial charge in [-0.2, -0.15) is 0 Å². The van der Waals surface area contributed by atoms with Crippen molar-refractivity contribution in [2.45, 2.75) is 41.9 Å². The lowest BCUT2D eigenvalue weighted by Gasteiger charge is -2.13. The number of allylic oxidation sites excluding steroid dienone is 1. The molecule has 0 saturated carbocycles. The molecule has 0 aliphatic carbocycles. The lowest BCUT2D eigenvalue weighted by atomic mass is 10.2. The minimum absolute atomic E-state index is 0.151. The van der Waals surface area contributed by atoms with E-state index in [4.69, 9.17) is 30.3 Å². The number of carbonyl (C=O) groups is 4. The van der Waals surface area contributed by atoms with Crippen LogP contribution >= 0.6 is 23.5 Å². The molecule has 4 rings (SSSR count). The Bertz CT molecular complexity index is 1910. The van der Waals surface area contributed by atoms with Crippen molar-refractivity contribution in [2.75, 3.05) is 19.8 Å². The molecular formula is C38H32N2O10S2. The van der Waals surface area contributed by atoms with Gasteiger partial charge in [-0.3, -0.25) is 4.79 Å². The molecule has 0 atom stereocenters. The second kappa shape index (κ2) is 20.0. The number of nitrogens with zero attached hydrogens (tertiary/aromatic N) is 2. The molecule has 0 unspecified atom stereocenters. The molecule has 0 saturated heterocycles. The Morgan fingerprint density at radius 2 is 1.25 bits per heavy atom. The molecule has 0 N–H and O–H groups in total. The van der Waals surface area contributed by atoms with Crippen molar-refractivity contribution in [3.05, 3.63) is 119 Å². The van der Waals surface area contributed by atoms with Gasteiger partial charge in [0.2, 0.25) is 0 Å². The molecule has 0 aromatic heterocycles. The predicted octanol–water partition coefficient (Wildman–Crippen LogP) is 8.06. The van der Waals surface area contributed by atoms with E-state index in [-0.39, 0.29) is 47.3 Å². The lowest BCUT2D eigenvalue weighted by molar-refractivity contribution is -0.138. The van der Waals surface area contributed by atoms with Crippen LogP contribution in [0.3, 0.4) is 0 Å². The number of ether oxygens (including phenoxy) is 6. The third-order valence-corrected chi connectivity index (χ3v) is 9.51. The number of thioether (sulfide) groups is 2. The highest BCUT2D eigenvalue weighted by Gasteiger charge is 2.30. The van der Waals surface area contributed by atoms with Crippen LogP contribution in [0.2, 0.25) is 0 Å². The van der Waals surface area contributed by atoms with Gasteiger partial charge in [0.1, 0.15) is 23.0 Å². The maximum absolute atomic E-state index is 13.1. The number of hydrogen-bond donors (Lipinski definition) is 0. The van der Waals surface area contributed by atoms with Gasteiger partial charge in [0, 0.05) is 12.5 Å². The first kappa shape index (κ1) is 38.8. The van der Waals surface area contributed by atoms with Crippen LogP contribution in [0.15, 0.2) is 106 Å². The third kappa shape index (κ3) is 11.3. The van der Waals surface area contributed by atoms with E-state index in [1.807, 2.05) is 6.07 Å². The molecule has 0 spiro atoms. The quantitative estimate of drug-likeness (QED) is 0.0235. The van der Waals surface area contributed by atoms with Gasteiger partial charge in [0.15, 0.2) is 0 Å². The normalized spacial score (nSPS) is 12.2. The molecule has 52 heavy (non-hydrogen) atoms. The summed E-state index contributed by atoms with van der Waals surface area (Å²) in [5.74, 6) is -0.761. The van der Waals surface area contributed by atoms with Crippen LogP contribution in [0.1, 0.15) is 52.8 Å². The molecule has 266 valence electrons. The number of esters is 4. The molecule has 0 radical (unpaired) electrons. The first-order valence-corrected chi connectivity index (χ1v) is 17.4. The third-order valence-electron chi connectivity index (χ3n) is 6.90. The summed E-state index contributed by atoms with van der Waals surface area (Å²) in [7, 11) is 0. The molecule has 1 aliphatic rings. The molecule has 14 heteroatoms. The predicted molar refractivity (Wildman–Crippen MR) is 192 cm³/mol. The molecule has 3 aromatic rings. The van der Waals surface area contributed by atoms with Crippen molar-refractivity contribution >= 4 is 47.4 Å². The van der Waals surface area contributed by atoms with Crippen molar-refractivity contribution in [1.82, 2.24) is 0 Å². The van der Waals surface area contributed by atoms with E-state index in [0.717, 1.165) is 35.9 Å². The Morgan fingerprint density at radius 1 is 0.750 bits per heavy atom. The number of fused-ring (bicyclic) bond motifs is 1. The molecule has 12 nitrogen and oxygen atoms in total. The van der Waals surface area contributed by atoms with Gasteiger partial charge in [-0.1, -0.05) is 36.7 Å². The first-order chi connectivity index (χ1) is 25.3. The summed E-state index contributed by atoms with van der Waals surface area (Å²) < 4.78 is 32.8. The van der Waals surface area contributed by atoms with Gasteiger partial charge in [-0.05, 0) is 86.3 Å². The summed E-state index contributed by atoms with van der Waals surface area (Å²) in [6.07, 6.45) is 4.94. The largest absolute Gasteiger partial charge is 0.494 e. The summed E-state index contributed by atoms with van der Waals surface area (Å²) >= 11 is 2.14. The maximum Gasteiger partial charge on any atom is 0.343 e. The Hall–Kier alpha value is -5.96. The van der Waals surface area contributed by atoms with Crippen molar-refractivity contribution in [3.63, 3.8) is 0 Å². The fourth-order valence-corrected chi connectivity index (χ4v) is 6.80. The van der Waals surface area contributed by atoms with Crippen LogP contribution in [0.25, 0.3) is 4.85 Å². The van der Waals surface area contributed by atoms with Crippen LogP contribution in [0, 0.1) is 17.9 Å². The SMILES string of the molecule is [C-]#[N+]/C(C#N)=C1\Sc2c(OC(=O)c3ccc(OCCCCOC(=O)C=C)cc3)ccc(OC(=O)c3ccc(OCCCCC(=O)OC=C)cc3)c2S1. The Labute approximate surface area is 308 Å². The average molecular weight is 741 g/mol. The molecule has 1 aliphatic heterocycles. The molecular weight excluding hydrogens is 709 g/mol. The number of nitriles is 1. The van der Waals surface area contributed by atoms with Gasteiger partial charge in [-0.25, -0.2) is 24.5 Å². The number of rotatable bonds is 18. The van der Waals surface area contributed by atoms with E-state index in [0.29, 0.717) is 64.4 Å². The maximum atomic E-state index is 13.1. The molecule has 1 heterocycles. The minimum atomic E-state index is -0.661. The summed E-state index contributed by atoms with van der Waals surface area (Å²) in [4.78, 5) is 52.9. The number of unbranched alkanes of at least 4 members (excludes halogenated alkanes) is 2. The summed E-state index contributed by atoms with van der Waals surface area (Å²) in [5, 5.41) is 9.50. The Balaban J connectivity index is 1.38. The Morgan fingerprint density at radius 3 is 1.71 bits per heavy atom. The average Bonchev–Trinajstić information content (AvgIpc) is 3.61. The van der Waals surface area contributed by atoms with Gasteiger partial charge in [-0.15, -0.1) is 0 Å². The minimum Gasteiger partial charge on any atom is -0.494 e. The van der Waals surface area contributed by atoms with Crippen molar-refractivity contribution in [2.24, 2.45) is 0 Å². The Kier molecular flexibility index (Phi) is 15.0. The van der Waals surface area contributed by atoms with Crippen LogP contribution in [0.4, 0.5) is 0 Å². The van der Waals surface area contributed by atoms with Gasteiger partial charge in [0.25, 0.3) is 5.70 Å². The monoisotopic (exact) mass is 740 g/mol. The van der Waals surface area contributed by atoms with Gasteiger partial charge < -0.3 is 28.4 Å². The van der Waals surface area contributed by atoms with E-state index < -0.39 is 17.9 Å². The van der Waals surface area contributed by atoms with E-state index in [1.54, 1.807) is 48.5 Å². The highest BCUT2D eigenvalue weighted by molar-refractivity contribution is 8.24. The van der Waals surface area contributed by atoms with Crippen LogP contribution < -0.4 is 18.9 Å². The molecule has 0 bridgehead atoms. The highest BCUT2D eigenvalue weighted by atomic mass is 32.2. The second-order valence-corrected chi connectivity index (χ2v) is 12.8. The fourth-order valence-electron chi connectivity index (χ4n) is 4.33. The molecule has 0 fully saturated rings. The zero-order valence-electron chi connectivity index (χ0n) is 27.8. The van der Waals surface area contributed by atoms with Crippen molar-refractivity contribution < 1.29 is 47.6 Å². The van der Waals surface area contributed by atoms with Crippen molar-refractivity contribution in [1.29, 1.82) is 5.26 Å². The van der Waals surface area contributed by atoms with E-state index in [2.05, 4.69) is 22.7 Å². The standard InChI is InChI=1S/C38H32N2O10S2/c1-4-32(41)48-23-9-8-22-47-28-17-13-26(14-18-28)37(44)50-31-20-19-30(34-35(31)52-38(51-34)29(24-39)40-3)49-36(43)25-11-15-27(16-12-25)46-21-7-6-10-33(42)45-5-2/h4-5,11-20H,1-2,6-10,21-23H2/b38-29-.